The fourth-order valence-corrected chi connectivity index (χ4v) is 1.90. The van der Waals surface area contributed by atoms with Crippen molar-refractivity contribution in [2.75, 3.05) is 6.61 Å². The third-order valence-electron chi connectivity index (χ3n) is 3.08. The van der Waals surface area contributed by atoms with E-state index in [0.717, 1.165) is 0 Å². The smallest absolute Gasteiger partial charge is 0.287 e. The number of nitrogens with one attached hydrogen (secondary N) is 1. The number of rotatable bonds is 4. The molecule has 0 saturated carbocycles. The Morgan fingerprint density at radius 3 is 2.54 bits per heavy atom. The Balaban J connectivity index is 2.09. The molecule has 0 saturated heterocycles. The summed E-state index contributed by atoms with van der Waals surface area (Å²) >= 11 is 0. The minimum Gasteiger partial charge on any atom is -0.443 e. The van der Waals surface area contributed by atoms with Crippen LogP contribution in [-0.4, -0.2) is 28.3 Å². The van der Waals surface area contributed by atoms with Crippen molar-refractivity contribution in [3.63, 3.8) is 0 Å². The Kier molecular flexibility index (Phi) is 5.39. The third-order valence-corrected chi connectivity index (χ3v) is 3.08. The quantitative estimate of drug-likeness (QED) is 0.749. The Labute approximate surface area is 139 Å². The topological polar surface area (TPSA) is 82.7 Å². The molecule has 0 radical (unpaired) electrons. The first-order valence-electron chi connectivity index (χ1n) is 7.31. The van der Waals surface area contributed by atoms with Gasteiger partial charge in [0, 0.05) is 0 Å². The fraction of sp³-hybridized carbons (Fsp3) is 0.278. The van der Waals surface area contributed by atoms with Gasteiger partial charge in [0.05, 0.1) is 12.6 Å². The lowest BCUT2D eigenvalue weighted by Crippen LogP contribution is -2.30. The molecule has 1 heterocycles. The number of halogens is 1. The molecule has 3 N–H and O–H groups in total. The highest BCUT2D eigenvalue weighted by Crippen LogP contribution is 2.15. The minimum atomic E-state index is -1.17. The van der Waals surface area contributed by atoms with E-state index >= 15 is 0 Å². The highest BCUT2D eigenvalue weighted by Gasteiger charge is 2.17. The lowest BCUT2D eigenvalue weighted by Gasteiger charge is -2.15. The van der Waals surface area contributed by atoms with Crippen LogP contribution in [0.3, 0.4) is 0 Å². The van der Waals surface area contributed by atoms with E-state index in [9.17, 15) is 19.4 Å². The van der Waals surface area contributed by atoms with Crippen molar-refractivity contribution >= 4 is 5.91 Å². The SMILES string of the molecule is CC(C)(O)C#Cc1ccc(C(=O)NC(CO)c2ccc(F)cc2)o1. The summed E-state index contributed by atoms with van der Waals surface area (Å²) in [6.45, 7) is 2.72. The fourth-order valence-electron chi connectivity index (χ4n) is 1.90. The number of hydrogen-bond donors (Lipinski definition) is 3. The van der Waals surface area contributed by atoms with Crippen LogP contribution < -0.4 is 5.32 Å². The first kappa shape index (κ1) is 17.7. The van der Waals surface area contributed by atoms with Gasteiger partial charge in [-0.15, -0.1) is 0 Å². The van der Waals surface area contributed by atoms with Crippen molar-refractivity contribution in [1.29, 1.82) is 0 Å². The minimum absolute atomic E-state index is 0.0237. The number of carbonyl (C=O) groups is 1. The van der Waals surface area contributed by atoms with Crippen LogP contribution >= 0.6 is 0 Å². The summed E-state index contributed by atoms with van der Waals surface area (Å²) in [6, 6.07) is 7.75. The van der Waals surface area contributed by atoms with Crippen LogP contribution in [0.2, 0.25) is 0 Å². The normalized spacial score (nSPS) is 12.2. The van der Waals surface area contributed by atoms with Gasteiger partial charge in [-0.25, -0.2) is 4.39 Å². The highest BCUT2D eigenvalue weighted by molar-refractivity contribution is 5.91. The van der Waals surface area contributed by atoms with Gasteiger partial charge in [0.1, 0.15) is 11.4 Å². The standard InChI is InChI=1S/C18H18FNO4/c1-18(2,23)10-9-14-7-8-16(24-14)17(22)20-15(11-21)12-3-5-13(19)6-4-12/h3-8,15,21,23H,11H2,1-2H3,(H,20,22). The highest BCUT2D eigenvalue weighted by atomic mass is 19.1. The van der Waals surface area contributed by atoms with Crippen LogP contribution in [0.4, 0.5) is 4.39 Å². The Hall–Kier alpha value is -2.62. The molecule has 24 heavy (non-hydrogen) atoms. The summed E-state index contributed by atoms with van der Waals surface area (Å²) in [6.07, 6.45) is 0. The van der Waals surface area contributed by atoms with E-state index < -0.39 is 23.4 Å². The van der Waals surface area contributed by atoms with Crippen molar-refractivity contribution < 1.29 is 23.8 Å². The largest absolute Gasteiger partial charge is 0.443 e. The van der Waals surface area contributed by atoms with Gasteiger partial charge in [-0.2, -0.15) is 0 Å². The maximum atomic E-state index is 12.9. The molecule has 1 unspecified atom stereocenters. The van der Waals surface area contributed by atoms with Gasteiger partial charge in [0.25, 0.3) is 5.91 Å². The van der Waals surface area contributed by atoms with Crippen LogP contribution in [0.15, 0.2) is 40.8 Å². The van der Waals surface area contributed by atoms with Gasteiger partial charge in [-0.05, 0) is 49.6 Å². The molecule has 126 valence electrons. The van der Waals surface area contributed by atoms with Gasteiger partial charge in [0.15, 0.2) is 11.5 Å². The molecule has 1 aromatic heterocycles. The zero-order chi connectivity index (χ0) is 17.7. The number of hydrogen-bond acceptors (Lipinski definition) is 4. The predicted octanol–water partition coefficient (Wildman–Crippen LogP) is 2.00. The molecule has 2 rings (SSSR count). The second-order valence-corrected chi connectivity index (χ2v) is 5.73. The maximum absolute atomic E-state index is 12.9. The maximum Gasteiger partial charge on any atom is 0.287 e. The second-order valence-electron chi connectivity index (χ2n) is 5.73. The predicted molar refractivity (Wildman–Crippen MR) is 85.6 cm³/mol. The molecule has 0 aliphatic rings. The van der Waals surface area contributed by atoms with Crippen LogP contribution in [0.1, 0.15) is 41.8 Å². The number of aliphatic hydroxyl groups excluding tert-OH is 1. The van der Waals surface area contributed by atoms with E-state index in [0.29, 0.717) is 5.56 Å². The Morgan fingerprint density at radius 1 is 1.29 bits per heavy atom. The molecule has 0 fully saturated rings. The van der Waals surface area contributed by atoms with Crippen molar-refractivity contribution in [3.8, 4) is 11.8 Å². The van der Waals surface area contributed by atoms with Gasteiger partial charge < -0.3 is 19.9 Å². The number of benzene rings is 1. The number of amides is 1. The summed E-state index contributed by atoms with van der Waals surface area (Å²) in [4.78, 5) is 12.2. The molecule has 1 atom stereocenters. The summed E-state index contributed by atoms with van der Waals surface area (Å²) < 4.78 is 18.2. The third kappa shape index (κ3) is 4.95. The zero-order valence-electron chi connectivity index (χ0n) is 13.3. The van der Waals surface area contributed by atoms with E-state index in [1.54, 1.807) is 0 Å². The van der Waals surface area contributed by atoms with E-state index in [4.69, 9.17) is 4.42 Å². The van der Waals surface area contributed by atoms with Crippen LogP contribution in [0, 0.1) is 17.7 Å². The number of carbonyl (C=O) groups excluding carboxylic acids is 1. The summed E-state index contributed by atoms with van der Waals surface area (Å²) in [5.74, 6) is 4.54. The van der Waals surface area contributed by atoms with Crippen LogP contribution in [0.25, 0.3) is 0 Å². The van der Waals surface area contributed by atoms with Crippen molar-refractivity contribution in [1.82, 2.24) is 5.32 Å². The second kappa shape index (κ2) is 7.30. The summed E-state index contributed by atoms with van der Waals surface area (Å²) in [5.41, 5.74) is -0.597. The molecule has 2 aromatic rings. The first-order valence-corrected chi connectivity index (χ1v) is 7.31. The summed E-state index contributed by atoms with van der Waals surface area (Å²) in [5, 5.41) is 21.6. The van der Waals surface area contributed by atoms with Crippen LogP contribution in [-0.2, 0) is 0 Å². The Bertz CT molecular complexity index is 763. The van der Waals surface area contributed by atoms with Gasteiger partial charge in [-0.3, -0.25) is 4.79 Å². The van der Waals surface area contributed by atoms with Gasteiger partial charge >= 0.3 is 0 Å². The average Bonchev–Trinajstić information content (AvgIpc) is 3.00. The lowest BCUT2D eigenvalue weighted by atomic mass is 10.1. The molecular formula is C18H18FNO4. The van der Waals surface area contributed by atoms with E-state index in [2.05, 4.69) is 17.2 Å². The molecule has 0 bridgehead atoms. The number of aliphatic hydroxyl groups is 2. The molecule has 5 nitrogen and oxygen atoms in total. The van der Waals surface area contributed by atoms with E-state index in [-0.39, 0.29) is 18.1 Å². The van der Waals surface area contributed by atoms with Gasteiger partial charge in [0.2, 0.25) is 0 Å². The van der Waals surface area contributed by atoms with Crippen molar-refractivity contribution in [3.05, 3.63) is 59.3 Å². The van der Waals surface area contributed by atoms with Gasteiger partial charge in [-0.1, -0.05) is 18.1 Å². The molecule has 1 aromatic carbocycles. The zero-order valence-corrected chi connectivity index (χ0v) is 13.3. The average molecular weight is 331 g/mol. The molecule has 1 amide bonds. The molecule has 6 heteroatoms. The van der Waals surface area contributed by atoms with E-state index in [1.165, 1.54) is 50.2 Å². The lowest BCUT2D eigenvalue weighted by molar-refractivity contribution is 0.0887. The number of furan rings is 1. The Morgan fingerprint density at radius 2 is 1.96 bits per heavy atom. The molecule has 0 aliphatic carbocycles. The van der Waals surface area contributed by atoms with Crippen LogP contribution in [0.5, 0.6) is 0 Å². The van der Waals surface area contributed by atoms with Crippen molar-refractivity contribution in [2.24, 2.45) is 0 Å². The molecule has 0 spiro atoms. The molecular weight excluding hydrogens is 313 g/mol. The monoisotopic (exact) mass is 331 g/mol. The summed E-state index contributed by atoms with van der Waals surface area (Å²) in [7, 11) is 0. The van der Waals surface area contributed by atoms with E-state index in [1.807, 2.05) is 0 Å². The molecule has 0 aliphatic heterocycles. The first-order chi connectivity index (χ1) is 11.3. The van der Waals surface area contributed by atoms with Crippen molar-refractivity contribution in [2.45, 2.75) is 25.5 Å².